The van der Waals surface area contributed by atoms with Crippen molar-refractivity contribution in [1.29, 1.82) is 0 Å². The highest BCUT2D eigenvalue weighted by Crippen LogP contribution is 2.19. The fraction of sp³-hybridized carbons (Fsp3) is 0.550. The summed E-state index contributed by atoms with van der Waals surface area (Å²) >= 11 is 0. The third kappa shape index (κ3) is 8.45. The molecule has 1 saturated heterocycles. The zero-order valence-electron chi connectivity index (χ0n) is 16.7. The van der Waals surface area contributed by atoms with Crippen molar-refractivity contribution in [3.05, 3.63) is 29.8 Å². The Bertz CT molecular complexity index is 663. The Morgan fingerprint density at radius 2 is 2.00 bits per heavy atom. The first kappa shape index (κ1) is 24.2. The number of hydrogen-bond acceptors (Lipinski definition) is 3. The first-order chi connectivity index (χ1) is 13.0. The van der Waals surface area contributed by atoms with Gasteiger partial charge < -0.3 is 21.3 Å². The Kier molecular flexibility index (Phi) is 10.9. The van der Waals surface area contributed by atoms with Crippen molar-refractivity contribution >= 4 is 47.4 Å². The molecular formula is C20H32IN5O2. The number of guanidine groups is 1. The molecule has 2 rings (SSSR count). The van der Waals surface area contributed by atoms with Gasteiger partial charge in [-0.05, 0) is 49.8 Å². The van der Waals surface area contributed by atoms with Gasteiger partial charge in [0.05, 0.1) is 0 Å². The van der Waals surface area contributed by atoms with Gasteiger partial charge in [0.25, 0.3) is 0 Å². The van der Waals surface area contributed by atoms with E-state index < -0.39 is 0 Å². The maximum absolute atomic E-state index is 11.2. The minimum absolute atomic E-state index is 0. The normalized spacial score (nSPS) is 16.9. The van der Waals surface area contributed by atoms with Gasteiger partial charge in [0, 0.05) is 45.2 Å². The highest BCUT2D eigenvalue weighted by atomic mass is 127. The van der Waals surface area contributed by atoms with Crippen molar-refractivity contribution in [3.63, 3.8) is 0 Å². The van der Waals surface area contributed by atoms with Crippen molar-refractivity contribution < 1.29 is 9.59 Å². The quantitative estimate of drug-likeness (QED) is 0.304. The van der Waals surface area contributed by atoms with E-state index in [1.807, 2.05) is 24.3 Å². The maximum atomic E-state index is 11.2. The highest BCUT2D eigenvalue weighted by molar-refractivity contribution is 14.0. The number of benzene rings is 1. The van der Waals surface area contributed by atoms with Crippen molar-refractivity contribution in [2.75, 3.05) is 31.5 Å². The van der Waals surface area contributed by atoms with Crippen LogP contribution in [-0.4, -0.2) is 48.9 Å². The average Bonchev–Trinajstić information content (AvgIpc) is 2.61. The van der Waals surface area contributed by atoms with E-state index in [1.165, 1.54) is 12.5 Å². The Balaban J connectivity index is 0.00000392. The van der Waals surface area contributed by atoms with E-state index in [9.17, 15) is 9.59 Å². The molecule has 4 N–H and O–H groups in total. The monoisotopic (exact) mass is 501 g/mol. The lowest BCUT2D eigenvalue weighted by atomic mass is 9.95. The number of hydrogen-bond donors (Lipinski definition) is 3. The zero-order chi connectivity index (χ0) is 19.6. The number of carbonyl (C=O) groups is 2. The summed E-state index contributed by atoms with van der Waals surface area (Å²) in [4.78, 5) is 29.3. The number of piperidine rings is 1. The zero-order valence-corrected chi connectivity index (χ0v) is 19.1. The van der Waals surface area contributed by atoms with Crippen LogP contribution in [0.2, 0.25) is 0 Å². The summed E-state index contributed by atoms with van der Waals surface area (Å²) in [5.41, 5.74) is 7.34. The molecule has 1 aromatic carbocycles. The molecule has 1 fully saturated rings. The minimum atomic E-state index is -0.230. The van der Waals surface area contributed by atoms with Crippen LogP contribution >= 0.6 is 24.0 Å². The number of carbonyl (C=O) groups excluding carboxylic acids is 2. The van der Waals surface area contributed by atoms with Gasteiger partial charge in [-0.1, -0.05) is 12.1 Å². The van der Waals surface area contributed by atoms with Gasteiger partial charge in [-0.3, -0.25) is 14.6 Å². The van der Waals surface area contributed by atoms with Gasteiger partial charge in [-0.2, -0.15) is 0 Å². The molecule has 156 valence electrons. The van der Waals surface area contributed by atoms with Crippen LogP contribution in [0.1, 0.15) is 38.7 Å². The molecule has 0 spiro atoms. The van der Waals surface area contributed by atoms with E-state index in [1.54, 1.807) is 0 Å². The van der Waals surface area contributed by atoms with Crippen LogP contribution in [-0.2, 0) is 16.0 Å². The molecule has 1 aliphatic rings. The molecule has 1 aromatic rings. The number of aliphatic imine (C=N–C) groups is 1. The molecule has 1 aliphatic heterocycles. The number of nitrogens with two attached hydrogens (primary N) is 1. The van der Waals surface area contributed by atoms with Crippen LogP contribution in [0.25, 0.3) is 0 Å². The van der Waals surface area contributed by atoms with Crippen LogP contribution < -0.4 is 16.4 Å². The molecule has 1 heterocycles. The second-order valence-corrected chi connectivity index (χ2v) is 6.99. The number of anilines is 1. The second-order valence-electron chi connectivity index (χ2n) is 6.99. The number of likely N-dealkylation sites (tertiary alicyclic amines) is 1. The first-order valence-electron chi connectivity index (χ1n) is 9.66. The largest absolute Gasteiger partial charge is 0.370 e. The molecule has 1 atom stereocenters. The molecule has 8 heteroatoms. The average molecular weight is 501 g/mol. The number of halogens is 1. The van der Waals surface area contributed by atoms with Crippen molar-refractivity contribution in [2.24, 2.45) is 16.6 Å². The molecule has 0 aromatic heterocycles. The van der Waals surface area contributed by atoms with Crippen LogP contribution in [0.5, 0.6) is 0 Å². The lowest BCUT2D eigenvalue weighted by molar-refractivity contribution is -0.119. The van der Waals surface area contributed by atoms with Crippen molar-refractivity contribution in [2.45, 2.75) is 39.5 Å². The van der Waals surface area contributed by atoms with Crippen LogP contribution in [0.15, 0.2) is 29.3 Å². The number of amides is 2. The van der Waals surface area contributed by atoms with Crippen LogP contribution in [0.3, 0.4) is 0 Å². The topological polar surface area (TPSA) is 99.8 Å². The third-order valence-corrected chi connectivity index (χ3v) is 4.58. The van der Waals surface area contributed by atoms with Gasteiger partial charge in [0.1, 0.15) is 0 Å². The van der Waals surface area contributed by atoms with E-state index in [0.717, 1.165) is 50.5 Å². The molecule has 0 bridgehead atoms. The summed E-state index contributed by atoms with van der Waals surface area (Å²) in [6.45, 7) is 6.81. The fourth-order valence-corrected chi connectivity index (χ4v) is 3.38. The smallest absolute Gasteiger partial charge is 0.221 e. The predicted octanol–water partition coefficient (Wildman–Crippen LogP) is 2.36. The number of nitrogens with zero attached hydrogens (tertiary/aromatic N) is 2. The van der Waals surface area contributed by atoms with Crippen LogP contribution in [0.4, 0.5) is 5.69 Å². The Labute approximate surface area is 184 Å². The Morgan fingerprint density at radius 1 is 1.29 bits per heavy atom. The summed E-state index contributed by atoms with van der Waals surface area (Å²) < 4.78 is 0. The standard InChI is InChI=1S/C20H31N5O2.HI/c1-3-22-20(25-12-4-5-17(14-25)13-19(21)27)23-11-10-16-6-8-18(9-7-16)24-15(2)26;/h6-9,17H,3-5,10-14H2,1-2H3,(H2,21,27)(H,22,23)(H,24,26);1H. The van der Waals surface area contributed by atoms with Gasteiger partial charge in [0.15, 0.2) is 5.96 Å². The molecule has 0 radical (unpaired) electrons. The molecule has 7 nitrogen and oxygen atoms in total. The van der Waals surface area contributed by atoms with E-state index in [-0.39, 0.29) is 35.8 Å². The predicted molar refractivity (Wildman–Crippen MR) is 124 cm³/mol. The molecule has 2 amide bonds. The Hall–Kier alpha value is -1.84. The maximum Gasteiger partial charge on any atom is 0.221 e. The van der Waals surface area contributed by atoms with Crippen molar-refractivity contribution in [3.8, 4) is 0 Å². The molecule has 0 saturated carbocycles. The molecule has 28 heavy (non-hydrogen) atoms. The molecule has 0 aliphatic carbocycles. The molecule has 1 unspecified atom stereocenters. The number of nitrogens with one attached hydrogen (secondary N) is 2. The van der Waals surface area contributed by atoms with Gasteiger partial charge >= 0.3 is 0 Å². The molecular weight excluding hydrogens is 469 g/mol. The van der Waals surface area contributed by atoms with E-state index >= 15 is 0 Å². The number of rotatable bonds is 7. The van der Waals surface area contributed by atoms with Crippen LogP contribution in [0, 0.1) is 5.92 Å². The summed E-state index contributed by atoms with van der Waals surface area (Å²) in [6, 6.07) is 7.84. The van der Waals surface area contributed by atoms with Crippen molar-refractivity contribution in [1.82, 2.24) is 10.2 Å². The highest BCUT2D eigenvalue weighted by Gasteiger charge is 2.23. The number of primary amides is 1. The SMILES string of the molecule is CCNC(=NCCc1ccc(NC(C)=O)cc1)N1CCCC(CC(N)=O)C1.I. The third-order valence-electron chi connectivity index (χ3n) is 4.58. The van der Waals surface area contributed by atoms with E-state index in [0.29, 0.717) is 18.9 Å². The summed E-state index contributed by atoms with van der Waals surface area (Å²) in [6.07, 6.45) is 3.36. The van der Waals surface area contributed by atoms with Gasteiger partial charge in [-0.25, -0.2) is 0 Å². The minimum Gasteiger partial charge on any atom is -0.370 e. The van der Waals surface area contributed by atoms with Gasteiger partial charge in [0.2, 0.25) is 11.8 Å². The lowest BCUT2D eigenvalue weighted by Gasteiger charge is -2.34. The second kappa shape index (κ2) is 12.6. The first-order valence-corrected chi connectivity index (χ1v) is 9.66. The Morgan fingerprint density at radius 3 is 2.61 bits per heavy atom. The summed E-state index contributed by atoms with van der Waals surface area (Å²) in [7, 11) is 0. The summed E-state index contributed by atoms with van der Waals surface area (Å²) in [5.74, 6) is 0.910. The van der Waals surface area contributed by atoms with Gasteiger partial charge in [-0.15, -0.1) is 24.0 Å². The van der Waals surface area contributed by atoms with E-state index in [4.69, 9.17) is 10.7 Å². The lowest BCUT2D eigenvalue weighted by Crippen LogP contribution is -2.47. The fourth-order valence-electron chi connectivity index (χ4n) is 3.38. The van der Waals surface area contributed by atoms with E-state index in [2.05, 4.69) is 22.5 Å². The summed E-state index contributed by atoms with van der Waals surface area (Å²) in [5, 5.41) is 6.12.